The average molecular weight is 212 g/mol. The zero-order chi connectivity index (χ0) is 10.7. The Morgan fingerprint density at radius 2 is 2.47 bits per heavy atom. The minimum Gasteiger partial charge on any atom is -0.376 e. The number of rotatable bonds is 3. The highest BCUT2D eigenvalue weighted by atomic mass is 16.5. The molecule has 2 fully saturated rings. The van der Waals surface area contributed by atoms with Gasteiger partial charge in [-0.15, -0.1) is 0 Å². The highest BCUT2D eigenvalue weighted by Crippen LogP contribution is 2.15. The molecular formula is C11H20N2O2. The maximum atomic E-state index is 12.0. The third-order valence-electron chi connectivity index (χ3n) is 3.24. The van der Waals surface area contributed by atoms with Gasteiger partial charge in [-0.1, -0.05) is 6.92 Å². The van der Waals surface area contributed by atoms with Crippen LogP contribution >= 0.6 is 0 Å². The molecule has 2 aliphatic heterocycles. The predicted octanol–water partition coefficient (Wildman–Crippen LogP) is 0.376. The van der Waals surface area contributed by atoms with Gasteiger partial charge in [-0.3, -0.25) is 4.79 Å². The lowest BCUT2D eigenvalue weighted by Gasteiger charge is -2.34. The van der Waals surface area contributed by atoms with Gasteiger partial charge in [0.2, 0.25) is 5.91 Å². The van der Waals surface area contributed by atoms with Crippen molar-refractivity contribution in [3.05, 3.63) is 0 Å². The van der Waals surface area contributed by atoms with Gasteiger partial charge in [-0.2, -0.15) is 0 Å². The van der Waals surface area contributed by atoms with E-state index in [2.05, 4.69) is 5.32 Å². The number of amides is 1. The molecule has 2 saturated heterocycles. The normalized spacial score (nSPS) is 32.3. The zero-order valence-electron chi connectivity index (χ0n) is 9.37. The molecular weight excluding hydrogens is 192 g/mol. The minimum absolute atomic E-state index is 0.0279. The molecule has 4 nitrogen and oxygen atoms in total. The maximum Gasteiger partial charge on any atom is 0.239 e. The Morgan fingerprint density at radius 3 is 3.13 bits per heavy atom. The number of hydrogen-bond donors (Lipinski definition) is 1. The summed E-state index contributed by atoms with van der Waals surface area (Å²) in [5, 5.41) is 3.24. The second-order valence-corrected chi connectivity index (χ2v) is 4.33. The van der Waals surface area contributed by atoms with E-state index in [-0.39, 0.29) is 18.1 Å². The molecule has 15 heavy (non-hydrogen) atoms. The maximum absolute atomic E-state index is 12.0. The number of nitrogens with zero attached hydrogens (tertiary/aromatic N) is 1. The second-order valence-electron chi connectivity index (χ2n) is 4.33. The van der Waals surface area contributed by atoms with Crippen molar-refractivity contribution < 1.29 is 9.53 Å². The van der Waals surface area contributed by atoms with Crippen LogP contribution in [-0.4, -0.2) is 49.2 Å². The van der Waals surface area contributed by atoms with E-state index < -0.39 is 0 Å². The monoisotopic (exact) mass is 212 g/mol. The van der Waals surface area contributed by atoms with Crippen molar-refractivity contribution in [1.29, 1.82) is 0 Å². The Hall–Kier alpha value is -0.610. The van der Waals surface area contributed by atoms with Gasteiger partial charge in [0, 0.05) is 26.2 Å². The predicted molar refractivity (Wildman–Crippen MR) is 57.6 cm³/mol. The third kappa shape index (κ3) is 2.49. The van der Waals surface area contributed by atoms with Crippen LogP contribution in [0.2, 0.25) is 0 Å². The van der Waals surface area contributed by atoms with Crippen LogP contribution in [0, 0.1) is 0 Å². The highest BCUT2D eigenvalue weighted by molar-refractivity contribution is 5.82. The van der Waals surface area contributed by atoms with Crippen molar-refractivity contribution in [2.45, 2.75) is 38.3 Å². The summed E-state index contributed by atoms with van der Waals surface area (Å²) in [6.07, 6.45) is 3.40. The van der Waals surface area contributed by atoms with Gasteiger partial charge in [-0.05, 0) is 19.3 Å². The molecule has 0 aromatic rings. The topological polar surface area (TPSA) is 41.6 Å². The molecule has 4 heteroatoms. The number of carbonyl (C=O) groups is 1. The molecule has 0 saturated carbocycles. The Bertz CT molecular complexity index is 227. The number of piperazine rings is 1. The summed E-state index contributed by atoms with van der Waals surface area (Å²) in [6, 6.07) is 0.0279. The Balaban J connectivity index is 1.87. The van der Waals surface area contributed by atoms with Gasteiger partial charge >= 0.3 is 0 Å². The van der Waals surface area contributed by atoms with Crippen LogP contribution in [0.5, 0.6) is 0 Å². The summed E-state index contributed by atoms with van der Waals surface area (Å²) in [5.41, 5.74) is 0. The number of ether oxygens (including phenoxy) is 1. The van der Waals surface area contributed by atoms with Crippen LogP contribution < -0.4 is 5.32 Å². The zero-order valence-corrected chi connectivity index (χ0v) is 9.37. The molecule has 0 radical (unpaired) electrons. The Labute approximate surface area is 91.0 Å². The van der Waals surface area contributed by atoms with E-state index >= 15 is 0 Å². The van der Waals surface area contributed by atoms with E-state index in [1.165, 1.54) is 0 Å². The SMILES string of the molecule is CCC1NCCN(CC2CCCO2)C1=O. The highest BCUT2D eigenvalue weighted by Gasteiger charge is 2.29. The molecule has 2 heterocycles. The van der Waals surface area contributed by atoms with Crippen molar-refractivity contribution >= 4 is 5.91 Å². The smallest absolute Gasteiger partial charge is 0.239 e. The fourth-order valence-corrected chi connectivity index (χ4v) is 2.33. The summed E-state index contributed by atoms with van der Waals surface area (Å²) >= 11 is 0. The summed E-state index contributed by atoms with van der Waals surface area (Å²) in [6.45, 7) is 5.44. The fraction of sp³-hybridized carbons (Fsp3) is 0.909. The van der Waals surface area contributed by atoms with Gasteiger partial charge < -0.3 is 15.0 Å². The van der Waals surface area contributed by atoms with E-state index in [0.29, 0.717) is 0 Å². The second kappa shape index (κ2) is 4.94. The molecule has 0 spiro atoms. The van der Waals surface area contributed by atoms with Crippen LogP contribution in [0.1, 0.15) is 26.2 Å². The van der Waals surface area contributed by atoms with Gasteiger partial charge in [0.05, 0.1) is 12.1 Å². The van der Waals surface area contributed by atoms with Crippen molar-refractivity contribution in [2.24, 2.45) is 0 Å². The molecule has 2 rings (SSSR count). The lowest BCUT2D eigenvalue weighted by molar-refractivity contribution is -0.137. The van der Waals surface area contributed by atoms with Crippen molar-refractivity contribution in [1.82, 2.24) is 10.2 Å². The van der Waals surface area contributed by atoms with Crippen molar-refractivity contribution in [2.75, 3.05) is 26.2 Å². The van der Waals surface area contributed by atoms with Gasteiger partial charge in [-0.25, -0.2) is 0 Å². The quantitative estimate of drug-likeness (QED) is 0.735. The van der Waals surface area contributed by atoms with E-state index in [0.717, 1.165) is 45.5 Å². The first-order valence-electron chi connectivity index (χ1n) is 5.95. The molecule has 0 bridgehead atoms. The average Bonchev–Trinajstić information content (AvgIpc) is 2.74. The van der Waals surface area contributed by atoms with Crippen LogP contribution in [-0.2, 0) is 9.53 Å². The van der Waals surface area contributed by atoms with E-state index in [1.54, 1.807) is 0 Å². The number of nitrogens with one attached hydrogen (secondary N) is 1. The van der Waals surface area contributed by atoms with Gasteiger partial charge in [0.1, 0.15) is 0 Å². The van der Waals surface area contributed by atoms with Crippen molar-refractivity contribution in [3.63, 3.8) is 0 Å². The summed E-state index contributed by atoms with van der Waals surface area (Å²) in [5.74, 6) is 0.249. The summed E-state index contributed by atoms with van der Waals surface area (Å²) < 4.78 is 5.56. The lowest BCUT2D eigenvalue weighted by atomic mass is 10.1. The molecule has 0 aliphatic carbocycles. The fourth-order valence-electron chi connectivity index (χ4n) is 2.33. The van der Waals surface area contributed by atoms with Gasteiger partial charge in [0.25, 0.3) is 0 Å². The van der Waals surface area contributed by atoms with E-state index in [9.17, 15) is 4.79 Å². The summed E-state index contributed by atoms with van der Waals surface area (Å²) in [7, 11) is 0. The molecule has 86 valence electrons. The lowest BCUT2D eigenvalue weighted by Crippen LogP contribution is -2.56. The number of carbonyl (C=O) groups excluding carboxylic acids is 1. The van der Waals surface area contributed by atoms with E-state index in [1.807, 2.05) is 11.8 Å². The first kappa shape index (κ1) is 10.9. The number of hydrogen-bond acceptors (Lipinski definition) is 3. The Morgan fingerprint density at radius 1 is 1.60 bits per heavy atom. The first-order valence-corrected chi connectivity index (χ1v) is 5.95. The summed E-state index contributed by atoms with van der Waals surface area (Å²) in [4.78, 5) is 13.9. The third-order valence-corrected chi connectivity index (χ3v) is 3.24. The van der Waals surface area contributed by atoms with Crippen LogP contribution in [0.3, 0.4) is 0 Å². The van der Waals surface area contributed by atoms with Crippen LogP contribution in [0.15, 0.2) is 0 Å². The first-order chi connectivity index (χ1) is 7.31. The largest absolute Gasteiger partial charge is 0.376 e. The molecule has 2 atom stereocenters. The molecule has 0 aromatic heterocycles. The molecule has 1 amide bonds. The minimum atomic E-state index is 0.0279. The molecule has 2 aliphatic rings. The Kier molecular flexibility index (Phi) is 3.59. The molecule has 2 unspecified atom stereocenters. The van der Waals surface area contributed by atoms with E-state index in [4.69, 9.17) is 4.74 Å². The van der Waals surface area contributed by atoms with Crippen molar-refractivity contribution in [3.8, 4) is 0 Å². The van der Waals surface area contributed by atoms with Crippen LogP contribution in [0.25, 0.3) is 0 Å². The molecule has 1 N–H and O–H groups in total. The standard InChI is InChI=1S/C11H20N2O2/c1-2-10-11(14)13(6-5-12-10)8-9-4-3-7-15-9/h9-10,12H,2-8H2,1H3. The molecule has 0 aromatic carbocycles. The van der Waals surface area contributed by atoms with Crippen LogP contribution in [0.4, 0.5) is 0 Å². The van der Waals surface area contributed by atoms with Gasteiger partial charge in [0.15, 0.2) is 0 Å².